The van der Waals surface area contributed by atoms with Gasteiger partial charge in [-0.25, -0.2) is 0 Å². The zero-order chi connectivity index (χ0) is 10.3. The van der Waals surface area contributed by atoms with Crippen LogP contribution in [0.4, 0.5) is 0 Å². The van der Waals surface area contributed by atoms with Gasteiger partial charge >= 0.3 is 0 Å². The first-order valence-electron chi connectivity index (χ1n) is 5.29. The summed E-state index contributed by atoms with van der Waals surface area (Å²) in [5.74, 6) is 1.22. The number of thioether (sulfide) groups is 1. The van der Waals surface area contributed by atoms with Crippen LogP contribution in [0, 0.1) is 0 Å². The van der Waals surface area contributed by atoms with Crippen molar-refractivity contribution in [3.63, 3.8) is 0 Å². The van der Waals surface area contributed by atoms with E-state index < -0.39 is 0 Å². The summed E-state index contributed by atoms with van der Waals surface area (Å²) >= 11 is 1.91. The van der Waals surface area contributed by atoms with Crippen LogP contribution in [-0.2, 0) is 4.79 Å². The molecule has 0 aromatic rings. The van der Waals surface area contributed by atoms with Gasteiger partial charge in [0.25, 0.3) is 0 Å². The number of nitrogens with two attached hydrogens (primary N) is 1. The number of carbonyl (C=O) groups excluding carboxylic acids is 1. The van der Waals surface area contributed by atoms with Crippen LogP contribution in [0.5, 0.6) is 0 Å². The molecular formula is C10H18N2OS. The predicted molar refractivity (Wildman–Crippen MR) is 59.0 cm³/mol. The molecule has 3 unspecified atom stereocenters. The monoisotopic (exact) mass is 214 g/mol. The molecule has 2 rings (SSSR count). The van der Waals surface area contributed by atoms with Crippen LogP contribution in [0.2, 0.25) is 0 Å². The maximum atomic E-state index is 12.0. The Labute approximate surface area is 89.4 Å². The summed E-state index contributed by atoms with van der Waals surface area (Å²) in [5, 5.41) is 0.396. The van der Waals surface area contributed by atoms with Crippen LogP contribution in [0.3, 0.4) is 0 Å². The van der Waals surface area contributed by atoms with E-state index in [4.69, 9.17) is 5.73 Å². The highest BCUT2D eigenvalue weighted by Gasteiger charge is 2.48. The molecule has 0 aliphatic carbocycles. The quantitative estimate of drug-likeness (QED) is 0.713. The average molecular weight is 214 g/mol. The molecule has 2 heterocycles. The lowest BCUT2D eigenvalue weighted by Gasteiger charge is -2.41. The molecule has 0 bridgehead atoms. The van der Waals surface area contributed by atoms with Gasteiger partial charge in [-0.2, -0.15) is 0 Å². The fourth-order valence-corrected chi connectivity index (χ4v) is 3.99. The molecule has 4 heteroatoms. The fourth-order valence-electron chi connectivity index (χ4n) is 2.28. The zero-order valence-electron chi connectivity index (χ0n) is 8.82. The molecule has 3 atom stereocenters. The SMILES string of the molecule is CCC1(C)CSC2CCC(N)C(=O)N21. The molecule has 0 aromatic carbocycles. The lowest BCUT2D eigenvalue weighted by Crippen LogP contribution is -2.58. The van der Waals surface area contributed by atoms with Crippen molar-refractivity contribution in [1.82, 2.24) is 4.90 Å². The Bertz CT molecular complexity index is 257. The van der Waals surface area contributed by atoms with Gasteiger partial charge in [0.15, 0.2) is 0 Å². The van der Waals surface area contributed by atoms with Crippen molar-refractivity contribution in [3.05, 3.63) is 0 Å². The molecule has 14 heavy (non-hydrogen) atoms. The van der Waals surface area contributed by atoms with E-state index in [1.165, 1.54) is 0 Å². The number of nitrogens with zero attached hydrogens (tertiary/aromatic N) is 1. The molecule has 2 N–H and O–H groups in total. The summed E-state index contributed by atoms with van der Waals surface area (Å²) in [6.45, 7) is 4.33. The summed E-state index contributed by atoms with van der Waals surface area (Å²) in [6.07, 6.45) is 2.94. The van der Waals surface area contributed by atoms with E-state index >= 15 is 0 Å². The molecule has 2 aliphatic heterocycles. The first-order chi connectivity index (χ1) is 6.58. The van der Waals surface area contributed by atoms with Gasteiger partial charge < -0.3 is 10.6 Å². The van der Waals surface area contributed by atoms with E-state index in [2.05, 4.69) is 13.8 Å². The standard InChI is InChI=1S/C10H18N2OS/c1-3-10(2)6-14-8-5-4-7(11)9(13)12(8)10/h7-8H,3-6,11H2,1-2H3. The number of rotatable bonds is 1. The van der Waals surface area contributed by atoms with Crippen molar-refractivity contribution < 1.29 is 4.79 Å². The topological polar surface area (TPSA) is 46.3 Å². The Balaban J connectivity index is 2.25. The maximum absolute atomic E-state index is 12.0. The van der Waals surface area contributed by atoms with Crippen molar-refractivity contribution in [1.29, 1.82) is 0 Å². The molecule has 0 aromatic heterocycles. The van der Waals surface area contributed by atoms with Crippen LogP contribution in [0.25, 0.3) is 0 Å². The average Bonchev–Trinajstić information content (AvgIpc) is 2.52. The molecule has 0 saturated carbocycles. The summed E-state index contributed by atoms with van der Waals surface area (Å²) in [7, 11) is 0. The van der Waals surface area contributed by atoms with Gasteiger partial charge in [-0.3, -0.25) is 4.79 Å². The molecule has 2 saturated heterocycles. The number of fused-ring (bicyclic) bond motifs is 1. The summed E-state index contributed by atoms with van der Waals surface area (Å²) < 4.78 is 0. The molecule has 2 aliphatic rings. The molecule has 3 nitrogen and oxygen atoms in total. The third-order valence-corrected chi connectivity index (χ3v) is 5.12. The van der Waals surface area contributed by atoms with Gasteiger partial charge in [0.1, 0.15) is 0 Å². The molecule has 0 radical (unpaired) electrons. The highest BCUT2D eigenvalue weighted by Crippen LogP contribution is 2.43. The molecule has 2 fully saturated rings. The highest BCUT2D eigenvalue weighted by atomic mass is 32.2. The van der Waals surface area contributed by atoms with Crippen LogP contribution >= 0.6 is 11.8 Å². The van der Waals surface area contributed by atoms with Crippen molar-refractivity contribution in [3.8, 4) is 0 Å². The fraction of sp³-hybridized carbons (Fsp3) is 0.900. The second-order valence-electron chi connectivity index (χ2n) is 4.51. The van der Waals surface area contributed by atoms with Gasteiger partial charge in [-0.15, -0.1) is 11.8 Å². The number of carbonyl (C=O) groups is 1. The smallest absolute Gasteiger partial charge is 0.240 e. The van der Waals surface area contributed by atoms with E-state index in [0.717, 1.165) is 25.0 Å². The van der Waals surface area contributed by atoms with Crippen molar-refractivity contribution >= 4 is 17.7 Å². The summed E-state index contributed by atoms with van der Waals surface area (Å²) in [5.41, 5.74) is 5.86. The van der Waals surface area contributed by atoms with Gasteiger partial charge in [0, 0.05) is 5.75 Å². The Morgan fingerprint density at radius 1 is 1.64 bits per heavy atom. The Morgan fingerprint density at radius 3 is 3.00 bits per heavy atom. The Hall–Kier alpha value is -0.220. The van der Waals surface area contributed by atoms with Gasteiger partial charge in [0.05, 0.1) is 17.0 Å². The van der Waals surface area contributed by atoms with Crippen LogP contribution in [-0.4, -0.2) is 33.5 Å². The Morgan fingerprint density at radius 2 is 2.36 bits per heavy atom. The highest BCUT2D eigenvalue weighted by molar-refractivity contribution is 8.00. The van der Waals surface area contributed by atoms with Crippen LogP contribution in [0.1, 0.15) is 33.1 Å². The molecule has 80 valence electrons. The van der Waals surface area contributed by atoms with Gasteiger partial charge in [-0.05, 0) is 26.2 Å². The van der Waals surface area contributed by atoms with Crippen LogP contribution < -0.4 is 5.73 Å². The van der Waals surface area contributed by atoms with Crippen molar-refractivity contribution in [2.24, 2.45) is 5.73 Å². The minimum Gasteiger partial charge on any atom is -0.323 e. The van der Waals surface area contributed by atoms with E-state index in [1.807, 2.05) is 16.7 Å². The first-order valence-corrected chi connectivity index (χ1v) is 6.34. The Kier molecular flexibility index (Phi) is 2.52. The van der Waals surface area contributed by atoms with Crippen LogP contribution in [0.15, 0.2) is 0 Å². The third kappa shape index (κ3) is 1.36. The van der Waals surface area contributed by atoms with E-state index in [1.54, 1.807) is 0 Å². The largest absolute Gasteiger partial charge is 0.323 e. The number of hydrogen-bond acceptors (Lipinski definition) is 3. The number of amides is 1. The van der Waals surface area contributed by atoms with E-state index in [-0.39, 0.29) is 17.5 Å². The lowest BCUT2D eigenvalue weighted by atomic mass is 9.94. The summed E-state index contributed by atoms with van der Waals surface area (Å²) in [6, 6.07) is -0.254. The minimum absolute atomic E-state index is 0.0461. The number of piperidine rings is 1. The van der Waals surface area contributed by atoms with Crippen molar-refractivity contribution in [2.45, 2.75) is 50.1 Å². The van der Waals surface area contributed by atoms with E-state index in [0.29, 0.717) is 5.37 Å². The maximum Gasteiger partial charge on any atom is 0.240 e. The second kappa shape index (κ2) is 3.42. The minimum atomic E-state index is -0.254. The zero-order valence-corrected chi connectivity index (χ0v) is 9.64. The van der Waals surface area contributed by atoms with Gasteiger partial charge in [-0.1, -0.05) is 6.92 Å². The normalized spacial score (nSPS) is 42.8. The van der Waals surface area contributed by atoms with Gasteiger partial charge in [0.2, 0.25) is 5.91 Å². The molecular weight excluding hydrogens is 196 g/mol. The lowest BCUT2D eigenvalue weighted by molar-refractivity contribution is -0.140. The first kappa shape index (κ1) is 10.3. The predicted octanol–water partition coefficient (Wildman–Crippen LogP) is 1.18. The molecule has 1 amide bonds. The second-order valence-corrected chi connectivity index (χ2v) is 5.67. The summed E-state index contributed by atoms with van der Waals surface area (Å²) in [4.78, 5) is 14.0. The van der Waals surface area contributed by atoms with Crippen molar-refractivity contribution in [2.75, 3.05) is 5.75 Å². The third-order valence-electron chi connectivity index (χ3n) is 3.50. The number of hydrogen-bond donors (Lipinski definition) is 1. The van der Waals surface area contributed by atoms with E-state index in [9.17, 15) is 4.79 Å². The molecule has 0 spiro atoms.